The Bertz CT molecular complexity index is 2610. The lowest BCUT2D eigenvalue weighted by molar-refractivity contribution is -0.264. The minimum absolute atomic E-state index is 0.00213. The highest BCUT2D eigenvalue weighted by atomic mass is 16.6. The summed E-state index contributed by atoms with van der Waals surface area (Å²) in [5, 5.41) is 103. The van der Waals surface area contributed by atoms with E-state index >= 15 is 0 Å². The van der Waals surface area contributed by atoms with Crippen LogP contribution in [0, 0.1) is 58.2 Å². The number of likely N-dealkylation sites (N-methyl/N-ethyl adjacent to an activating group) is 2. The number of aliphatic hydroxyl groups excluding tert-OH is 8. The zero-order chi connectivity index (χ0) is 66.7. The predicted molar refractivity (Wildman–Crippen MR) is 320 cm³/mol. The molecule has 0 unspecified atom stereocenters. The highest BCUT2D eigenvalue weighted by Crippen LogP contribution is 2.64. The van der Waals surface area contributed by atoms with Crippen molar-refractivity contribution in [1.82, 2.24) is 9.80 Å². The van der Waals surface area contributed by atoms with E-state index in [2.05, 4.69) is 0 Å². The number of Topliss-reactive ketones (excluding diaryl/α,β-unsaturated/α-hetero) is 2. The quantitative estimate of drug-likeness (QED) is 0.0529. The molecule has 24 heteroatoms. The molecule has 4 aliphatic heterocycles. The molecule has 504 valence electrons. The number of hydrogen-bond acceptors (Lipinski definition) is 22. The average Bonchev–Trinajstić information content (AvgIpc) is 1.47. The first kappa shape index (κ1) is 72.2. The van der Waals surface area contributed by atoms with E-state index in [4.69, 9.17) is 29.2 Å². The fraction of sp³-hybridized carbons (Fsp3) is 0.758. The van der Waals surface area contributed by atoms with Crippen molar-refractivity contribution in [2.45, 2.75) is 201 Å². The largest absolute Gasteiger partial charge is 0.467 e. The second-order valence-electron chi connectivity index (χ2n) is 27.0. The summed E-state index contributed by atoms with van der Waals surface area (Å²) in [6.45, 7) is 5.32. The number of ether oxygens (including phenoxy) is 4. The number of esters is 4. The number of nitrogens with zero attached hydrogens (tertiary/aromatic N) is 2. The summed E-state index contributed by atoms with van der Waals surface area (Å²) >= 11 is 0. The lowest BCUT2D eigenvalue weighted by Crippen LogP contribution is -2.70. The van der Waals surface area contributed by atoms with Crippen LogP contribution in [0.2, 0.25) is 0 Å². The van der Waals surface area contributed by atoms with Crippen molar-refractivity contribution < 1.29 is 108 Å². The number of fused-ring (bicyclic) bond motifs is 2. The van der Waals surface area contributed by atoms with Gasteiger partial charge in [-0.2, -0.15) is 0 Å². The first-order chi connectivity index (χ1) is 42.5. The maximum atomic E-state index is 12.7. The lowest BCUT2D eigenvalue weighted by atomic mass is 9.60. The van der Waals surface area contributed by atoms with Gasteiger partial charge in [0.15, 0.2) is 11.1 Å². The van der Waals surface area contributed by atoms with Gasteiger partial charge in [-0.1, -0.05) is 48.6 Å². The number of aliphatic hydroxyl groups is 10. The van der Waals surface area contributed by atoms with Gasteiger partial charge in [0.05, 0.1) is 62.3 Å². The second kappa shape index (κ2) is 28.1. The molecule has 2 amide bonds. The molecule has 0 radical (unpaired) electrons. The van der Waals surface area contributed by atoms with Crippen LogP contribution in [0.5, 0.6) is 0 Å². The van der Waals surface area contributed by atoms with E-state index in [1.54, 1.807) is 13.8 Å². The summed E-state index contributed by atoms with van der Waals surface area (Å²) in [7, 11) is 5.12. The molecule has 0 aromatic heterocycles. The summed E-state index contributed by atoms with van der Waals surface area (Å²) in [6, 6.07) is 0. The van der Waals surface area contributed by atoms with Crippen LogP contribution in [0.15, 0.2) is 48.6 Å². The van der Waals surface area contributed by atoms with E-state index in [1.165, 1.54) is 42.2 Å². The molecule has 4 heterocycles. The van der Waals surface area contributed by atoms with Crippen LogP contribution in [0.25, 0.3) is 0 Å². The van der Waals surface area contributed by atoms with Crippen LogP contribution < -0.4 is 0 Å². The maximum Gasteiger partial charge on any atom is 0.337 e. The van der Waals surface area contributed by atoms with Crippen LogP contribution in [-0.2, 0) is 57.3 Å². The third-order valence-electron chi connectivity index (χ3n) is 22.7. The van der Waals surface area contributed by atoms with Crippen LogP contribution in [0.1, 0.15) is 143 Å². The highest BCUT2D eigenvalue weighted by Gasteiger charge is 2.80. The fourth-order valence-corrected chi connectivity index (χ4v) is 17.5. The third kappa shape index (κ3) is 11.1. The van der Waals surface area contributed by atoms with E-state index in [1.807, 2.05) is 48.6 Å². The van der Waals surface area contributed by atoms with E-state index < -0.39 is 128 Å². The van der Waals surface area contributed by atoms with E-state index in [-0.39, 0.29) is 100 Å². The smallest absolute Gasteiger partial charge is 0.337 e. The second-order valence-corrected chi connectivity index (χ2v) is 27.0. The summed E-state index contributed by atoms with van der Waals surface area (Å²) < 4.78 is 20.5. The van der Waals surface area contributed by atoms with Crippen LogP contribution in [0.4, 0.5) is 0 Å². The highest BCUT2D eigenvalue weighted by molar-refractivity contribution is 6.01. The van der Waals surface area contributed by atoms with Gasteiger partial charge in [0.1, 0.15) is 44.8 Å². The Morgan fingerprint density at radius 2 is 0.756 bits per heavy atom. The minimum Gasteiger partial charge on any atom is -0.467 e. The molecular formula is C66H98N2O22. The van der Waals surface area contributed by atoms with Gasteiger partial charge in [-0.3, -0.25) is 28.8 Å². The van der Waals surface area contributed by atoms with Crippen molar-refractivity contribution >= 4 is 47.3 Å². The molecule has 20 atom stereocenters. The lowest BCUT2D eigenvalue weighted by Gasteiger charge is -2.55. The molecule has 0 spiro atoms. The first-order valence-electron chi connectivity index (χ1n) is 32.0. The number of likely N-dealkylation sites (tertiary alicyclic amines) is 2. The number of rotatable bonds is 18. The van der Waals surface area contributed by atoms with Gasteiger partial charge in [-0.25, -0.2) is 9.59 Å². The summed E-state index contributed by atoms with van der Waals surface area (Å²) in [5.41, 5.74) is -11.8. The topological polar surface area (TPSA) is 382 Å². The van der Waals surface area contributed by atoms with Gasteiger partial charge in [0, 0.05) is 77.0 Å². The van der Waals surface area contributed by atoms with Crippen molar-refractivity contribution in [3.05, 3.63) is 48.6 Å². The van der Waals surface area contributed by atoms with Gasteiger partial charge < -0.3 is 79.8 Å². The van der Waals surface area contributed by atoms with Gasteiger partial charge in [-0.05, 0) is 130 Å². The van der Waals surface area contributed by atoms with E-state index in [0.717, 1.165) is 74.0 Å². The van der Waals surface area contributed by atoms with E-state index in [9.17, 15) is 79.2 Å². The molecule has 0 aromatic rings. The Kier molecular flexibility index (Phi) is 22.5. The third-order valence-corrected chi connectivity index (χ3v) is 22.7. The number of carbonyl (C=O) groups excluding carboxylic acids is 8. The van der Waals surface area contributed by atoms with Gasteiger partial charge in [-0.15, -0.1) is 0 Å². The standard InChI is InChI=1S/2C17H27NO6.2C16H22O5/c2*1-16(23)12(9-10-19)14(21)18(2)17(16,15(22)24-3)13(20)11-7-5-4-6-8-11;2*1-15-11(7-8-17)12(18)9-16(15,14(20)21-15)13(19)10-5-3-2-4-6-10/h2*5,7,11-13,19-20,23H,4,6,8-10H2,1-3H3;2*3,5,10-11,13,17,19H,2,4,6-9H2,1H3/t11-,12+,13+,16+,17+;11-,12+,13-,16+,17+;10-,11+,13+,15+,16-;10-,11+,13-,15+,16-/m1111/s1. The summed E-state index contributed by atoms with van der Waals surface area (Å²) in [4.78, 5) is 102. The zero-order valence-corrected chi connectivity index (χ0v) is 53.4. The molecule has 10 rings (SSSR count). The first-order valence-corrected chi connectivity index (χ1v) is 32.0. The molecule has 90 heavy (non-hydrogen) atoms. The van der Waals surface area contributed by atoms with Crippen molar-refractivity contribution in [3.8, 4) is 0 Å². The Balaban J connectivity index is 0.000000171. The molecule has 24 nitrogen and oxygen atoms in total. The number of hydrogen-bond donors (Lipinski definition) is 10. The number of ketones is 2. The molecule has 0 aromatic carbocycles. The number of allylic oxidation sites excluding steroid dienone is 4. The minimum atomic E-state index is -1.91. The van der Waals surface area contributed by atoms with Crippen molar-refractivity contribution in [2.75, 3.05) is 54.7 Å². The molecule has 10 aliphatic rings. The Morgan fingerprint density at radius 3 is 0.989 bits per heavy atom. The molecule has 6 fully saturated rings. The fourth-order valence-electron chi connectivity index (χ4n) is 17.5. The molecule has 0 bridgehead atoms. The van der Waals surface area contributed by atoms with Gasteiger partial charge >= 0.3 is 23.9 Å². The van der Waals surface area contributed by atoms with Gasteiger partial charge in [0.25, 0.3) is 0 Å². The van der Waals surface area contributed by atoms with Crippen LogP contribution in [-0.4, -0.2) is 221 Å². The van der Waals surface area contributed by atoms with Crippen molar-refractivity contribution in [3.63, 3.8) is 0 Å². The Hall–Kier alpha value is -5.28. The molecule has 2 saturated carbocycles. The van der Waals surface area contributed by atoms with Crippen LogP contribution in [0.3, 0.4) is 0 Å². The van der Waals surface area contributed by atoms with E-state index in [0.29, 0.717) is 12.8 Å². The number of methoxy groups -OCH3 is 2. The molecule has 6 aliphatic carbocycles. The normalized spacial score (nSPS) is 40.2. The SMILES string of the molecule is COC(=O)[C@]1([C@@H](O)[C@@H]2C=CCCC2)N(C)C(=O)[C@H](CCO)[C@]1(C)O.COC(=O)[C@]1([C@H](O)[C@@H]2C=CCCC2)N(C)C(=O)[C@H](CCO)[C@]1(C)O.C[C@@]12OC(=O)[C@]1([C@@H](O)[C@@H]1C=CCCC1)CC(=O)[C@@H]2CCO.C[C@@]12OC(=O)[C@]1([C@H](O)[C@@H]1C=CCCC1)CC(=O)[C@@H]2CCO. The molecular weight excluding hydrogens is 1170 g/mol. The number of carbonyl (C=O) groups is 8. The Labute approximate surface area is 526 Å². The summed E-state index contributed by atoms with van der Waals surface area (Å²) in [5.74, 6) is -7.74. The van der Waals surface area contributed by atoms with Crippen molar-refractivity contribution in [2.24, 2.45) is 58.2 Å². The Morgan fingerprint density at radius 1 is 0.489 bits per heavy atom. The van der Waals surface area contributed by atoms with Crippen molar-refractivity contribution in [1.29, 1.82) is 0 Å². The average molecular weight is 1270 g/mol. The summed E-state index contributed by atoms with van der Waals surface area (Å²) in [6.07, 6.45) is 22.1. The molecule has 4 saturated heterocycles. The number of amides is 2. The molecule has 10 N–H and O–H groups in total. The zero-order valence-electron chi connectivity index (χ0n) is 53.4. The van der Waals surface area contributed by atoms with Crippen LogP contribution >= 0.6 is 0 Å². The predicted octanol–water partition coefficient (Wildman–Crippen LogP) is 1.63. The monoisotopic (exact) mass is 1270 g/mol. The maximum absolute atomic E-state index is 12.7. The van der Waals surface area contributed by atoms with Gasteiger partial charge in [0.2, 0.25) is 11.8 Å².